The predicted octanol–water partition coefficient (Wildman–Crippen LogP) is 1.30. The van der Waals surface area contributed by atoms with Gasteiger partial charge in [-0.2, -0.15) is 5.10 Å². The van der Waals surface area contributed by atoms with E-state index in [1.165, 1.54) is 17.1 Å². The smallest absolute Gasteiger partial charge is 0.178 e. The first-order valence-corrected chi connectivity index (χ1v) is 7.38. The van der Waals surface area contributed by atoms with Crippen molar-refractivity contribution < 1.29 is 8.42 Å². The summed E-state index contributed by atoms with van der Waals surface area (Å²) in [5, 5.41) is 4.03. The fourth-order valence-electron chi connectivity index (χ4n) is 1.57. The Morgan fingerprint density at radius 1 is 1.28 bits per heavy atom. The zero-order valence-electron chi connectivity index (χ0n) is 10.2. The van der Waals surface area contributed by atoms with Crippen LogP contribution < -0.4 is 5.73 Å². The molecule has 0 aliphatic heterocycles. The van der Waals surface area contributed by atoms with Crippen LogP contribution in [0.25, 0.3) is 5.69 Å². The van der Waals surface area contributed by atoms with Crippen molar-refractivity contribution in [1.82, 2.24) is 9.78 Å². The van der Waals surface area contributed by atoms with Crippen LogP contribution in [0.1, 0.15) is 18.5 Å². The lowest BCUT2D eigenvalue weighted by Gasteiger charge is -2.06. The van der Waals surface area contributed by atoms with Gasteiger partial charge in [-0.25, -0.2) is 13.1 Å². The summed E-state index contributed by atoms with van der Waals surface area (Å²) in [6.45, 7) is 1.91. The van der Waals surface area contributed by atoms with Crippen LogP contribution >= 0.6 is 0 Å². The lowest BCUT2D eigenvalue weighted by atomic mass is 10.1. The standard InChI is InChI=1S/C12H15N3O2S/c1-9(13)10-3-5-11(6-4-10)15-8-12(7-14-15)18(2,16)17/h3-9H,13H2,1-2H3/t9-/m1/s1. The van der Waals surface area contributed by atoms with Gasteiger partial charge in [-0.15, -0.1) is 0 Å². The Labute approximate surface area is 106 Å². The molecular weight excluding hydrogens is 250 g/mol. The Bertz CT molecular complexity index is 642. The molecule has 0 spiro atoms. The molecule has 0 amide bonds. The molecule has 0 saturated heterocycles. The minimum Gasteiger partial charge on any atom is -0.324 e. The highest BCUT2D eigenvalue weighted by atomic mass is 32.2. The summed E-state index contributed by atoms with van der Waals surface area (Å²) in [7, 11) is -3.21. The van der Waals surface area contributed by atoms with Gasteiger partial charge in [0.25, 0.3) is 0 Å². The van der Waals surface area contributed by atoms with Gasteiger partial charge in [0.1, 0.15) is 4.90 Å². The predicted molar refractivity (Wildman–Crippen MR) is 69.3 cm³/mol. The number of hydrogen-bond donors (Lipinski definition) is 1. The summed E-state index contributed by atoms with van der Waals surface area (Å²) in [5.41, 5.74) is 7.58. The van der Waals surface area contributed by atoms with E-state index in [-0.39, 0.29) is 10.9 Å². The van der Waals surface area contributed by atoms with Crippen LogP contribution in [0.2, 0.25) is 0 Å². The molecule has 2 aromatic rings. The normalized spacial score (nSPS) is 13.5. The monoisotopic (exact) mass is 265 g/mol. The zero-order valence-corrected chi connectivity index (χ0v) is 11.1. The molecule has 0 radical (unpaired) electrons. The number of benzene rings is 1. The third-order valence-corrected chi connectivity index (χ3v) is 3.74. The van der Waals surface area contributed by atoms with Crippen molar-refractivity contribution in [3.05, 3.63) is 42.2 Å². The molecule has 2 rings (SSSR count). The van der Waals surface area contributed by atoms with Gasteiger partial charge in [-0.3, -0.25) is 0 Å². The van der Waals surface area contributed by atoms with E-state index in [0.29, 0.717) is 0 Å². The molecule has 1 heterocycles. The van der Waals surface area contributed by atoms with E-state index >= 15 is 0 Å². The van der Waals surface area contributed by atoms with Gasteiger partial charge in [0, 0.05) is 18.5 Å². The van der Waals surface area contributed by atoms with Crippen molar-refractivity contribution in [2.75, 3.05) is 6.26 Å². The van der Waals surface area contributed by atoms with Crippen LogP contribution in [0, 0.1) is 0 Å². The molecule has 5 nitrogen and oxygen atoms in total. The van der Waals surface area contributed by atoms with Crippen molar-refractivity contribution in [2.24, 2.45) is 5.73 Å². The Kier molecular flexibility index (Phi) is 3.23. The highest BCUT2D eigenvalue weighted by Gasteiger charge is 2.10. The lowest BCUT2D eigenvalue weighted by molar-refractivity contribution is 0.602. The Morgan fingerprint density at radius 3 is 2.33 bits per heavy atom. The molecule has 96 valence electrons. The van der Waals surface area contributed by atoms with Crippen LogP contribution in [0.4, 0.5) is 0 Å². The van der Waals surface area contributed by atoms with E-state index < -0.39 is 9.84 Å². The largest absolute Gasteiger partial charge is 0.324 e. The molecular formula is C12H15N3O2S. The maximum Gasteiger partial charge on any atom is 0.178 e. The second-order valence-corrected chi connectivity index (χ2v) is 6.29. The fraction of sp³-hybridized carbons (Fsp3) is 0.250. The summed E-state index contributed by atoms with van der Waals surface area (Å²) in [6, 6.07) is 7.50. The number of hydrogen-bond acceptors (Lipinski definition) is 4. The van der Waals surface area contributed by atoms with Crippen LogP contribution in [-0.2, 0) is 9.84 Å². The van der Waals surface area contributed by atoms with E-state index in [1.807, 2.05) is 31.2 Å². The van der Waals surface area contributed by atoms with Crippen molar-refractivity contribution in [3.63, 3.8) is 0 Å². The van der Waals surface area contributed by atoms with Gasteiger partial charge in [0.2, 0.25) is 0 Å². The van der Waals surface area contributed by atoms with E-state index in [1.54, 1.807) is 0 Å². The van der Waals surface area contributed by atoms with E-state index in [4.69, 9.17) is 5.73 Å². The topological polar surface area (TPSA) is 78.0 Å². The Balaban J connectivity index is 2.35. The van der Waals surface area contributed by atoms with Crippen molar-refractivity contribution >= 4 is 9.84 Å². The van der Waals surface area contributed by atoms with Crippen molar-refractivity contribution in [1.29, 1.82) is 0 Å². The highest BCUT2D eigenvalue weighted by Crippen LogP contribution is 2.15. The third kappa shape index (κ3) is 2.60. The molecule has 18 heavy (non-hydrogen) atoms. The first kappa shape index (κ1) is 12.8. The maximum atomic E-state index is 11.4. The summed E-state index contributed by atoms with van der Waals surface area (Å²) in [5.74, 6) is 0. The molecule has 1 aromatic heterocycles. The molecule has 6 heteroatoms. The molecule has 1 aromatic carbocycles. The maximum absolute atomic E-state index is 11.4. The number of sulfone groups is 1. The minimum absolute atomic E-state index is 0.0248. The molecule has 0 fully saturated rings. The second-order valence-electron chi connectivity index (χ2n) is 4.27. The van der Waals surface area contributed by atoms with Gasteiger partial charge in [0.15, 0.2) is 9.84 Å². The van der Waals surface area contributed by atoms with Crippen molar-refractivity contribution in [2.45, 2.75) is 17.9 Å². The van der Waals surface area contributed by atoms with Gasteiger partial charge in [0.05, 0.1) is 11.9 Å². The Hall–Kier alpha value is -1.66. The zero-order chi connectivity index (χ0) is 13.3. The van der Waals surface area contributed by atoms with Crippen LogP contribution in [0.5, 0.6) is 0 Å². The second kappa shape index (κ2) is 4.55. The van der Waals surface area contributed by atoms with Gasteiger partial charge in [-0.1, -0.05) is 12.1 Å². The Morgan fingerprint density at radius 2 is 1.89 bits per heavy atom. The molecule has 1 atom stereocenters. The van der Waals surface area contributed by atoms with Crippen LogP contribution in [-0.4, -0.2) is 24.5 Å². The highest BCUT2D eigenvalue weighted by molar-refractivity contribution is 7.90. The van der Waals surface area contributed by atoms with E-state index in [2.05, 4.69) is 5.10 Å². The van der Waals surface area contributed by atoms with Crippen LogP contribution in [0.3, 0.4) is 0 Å². The van der Waals surface area contributed by atoms with Gasteiger partial charge >= 0.3 is 0 Å². The molecule has 0 bridgehead atoms. The fourth-order valence-corrected chi connectivity index (χ4v) is 2.10. The first-order chi connectivity index (χ1) is 8.38. The summed E-state index contributed by atoms with van der Waals surface area (Å²) < 4.78 is 24.2. The van der Waals surface area contributed by atoms with Gasteiger partial charge < -0.3 is 5.73 Å². The van der Waals surface area contributed by atoms with Crippen LogP contribution in [0.15, 0.2) is 41.6 Å². The molecule has 0 saturated carbocycles. The number of aromatic nitrogens is 2. The number of nitrogens with zero attached hydrogens (tertiary/aromatic N) is 2. The molecule has 0 unspecified atom stereocenters. The summed E-state index contributed by atoms with van der Waals surface area (Å²) >= 11 is 0. The quantitative estimate of drug-likeness (QED) is 0.907. The average Bonchev–Trinajstić information content (AvgIpc) is 2.78. The van der Waals surface area contributed by atoms with E-state index in [9.17, 15) is 8.42 Å². The molecule has 0 aliphatic rings. The third-order valence-electron chi connectivity index (χ3n) is 2.67. The minimum atomic E-state index is -3.21. The summed E-state index contributed by atoms with van der Waals surface area (Å²) in [4.78, 5) is 0.207. The number of rotatable bonds is 3. The SMILES string of the molecule is C[C@@H](N)c1ccc(-n2cc(S(C)(=O)=O)cn2)cc1. The first-order valence-electron chi connectivity index (χ1n) is 5.48. The molecule has 2 N–H and O–H groups in total. The molecule has 0 aliphatic carbocycles. The lowest BCUT2D eigenvalue weighted by Crippen LogP contribution is -2.05. The average molecular weight is 265 g/mol. The van der Waals surface area contributed by atoms with Gasteiger partial charge in [-0.05, 0) is 24.6 Å². The summed E-state index contributed by atoms with van der Waals surface area (Å²) in [6.07, 6.45) is 4.00. The number of nitrogens with two attached hydrogens (primary N) is 1. The van der Waals surface area contributed by atoms with Crippen molar-refractivity contribution in [3.8, 4) is 5.69 Å². The van der Waals surface area contributed by atoms with E-state index in [0.717, 1.165) is 17.5 Å².